The molecule has 0 spiro atoms. The fraction of sp³-hybridized carbons (Fsp3) is 0.421. The molecule has 0 bridgehead atoms. The second kappa shape index (κ2) is 9.07. The van der Waals surface area contributed by atoms with E-state index in [4.69, 9.17) is 14.2 Å². The lowest BCUT2D eigenvalue weighted by Crippen LogP contribution is -2.26. The van der Waals surface area contributed by atoms with E-state index in [-0.39, 0.29) is 11.6 Å². The molecule has 0 fully saturated rings. The molecule has 146 valence electrons. The normalized spacial score (nSPS) is 10.3. The van der Waals surface area contributed by atoms with Gasteiger partial charge >= 0.3 is 0 Å². The number of benzene rings is 1. The molecule has 1 aromatic carbocycles. The van der Waals surface area contributed by atoms with Crippen molar-refractivity contribution in [3.05, 3.63) is 29.6 Å². The van der Waals surface area contributed by atoms with Crippen LogP contribution < -0.4 is 24.4 Å². The van der Waals surface area contributed by atoms with E-state index < -0.39 is 0 Å². The van der Waals surface area contributed by atoms with Crippen molar-refractivity contribution in [3.63, 3.8) is 0 Å². The van der Waals surface area contributed by atoms with Crippen LogP contribution in [0.2, 0.25) is 0 Å². The van der Waals surface area contributed by atoms with Crippen molar-refractivity contribution in [2.45, 2.75) is 20.8 Å². The van der Waals surface area contributed by atoms with Gasteiger partial charge in [-0.1, -0.05) is 0 Å². The molecule has 0 radical (unpaired) electrons. The average molecular weight is 374 g/mol. The maximum Gasteiger partial charge on any atom is 0.274 e. The minimum Gasteiger partial charge on any atom is -0.493 e. The maximum absolute atomic E-state index is 12.7. The molecule has 1 heterocycles. The topological polar surface area (TPSA) is 85.8 Å². The molecule has 1 aromatic heterocycles. The van der Waals surface area contributed by atoms with Crippen LogP contribution in [0.25, 0.3) is 0 Å². The minimum absolute atomic E-state index is 0.290. The number of hydrogen-bond acceptors (Lipinski definition) is 7. The third kappa shape index (κ3) is 4.58. The third-order valence-corrected chi connectivity index (χ3v) is 4.04. The lowest BCUT2D eigenvalue weighted by Gasteiger charge is -2.19. The lowest BCUT2D eigenvalue weighted by atomic mass is 10.2. The van der Waals surface area contributed by atoms with E-state index in [0.29, 0.717) is 28.9 Å². The Balaban J connectivity index is 2.35. The number of methoxy groups -OCH3 is 3. The Morgan fingerprint density at radius 1 is 1.00 bits per heavy atom. The van der Waals surface area contributed by atoms with Gasteiger partial charge in [-0.15, -0.1) is 0 Å². The van der Waals surface area contributed by atoms with Gasteiger partial charge in [0.2, 0.25) is 11.7 Å². The number of aryl methyl sites for hydroxylation is 1. The summed E-state index contributed by atoms with van der Waals surface area (Å²) in [6.45, 7) is 7.39. The van der Waals surface area contributed by atoms with Gasteiger partial charge in [-0.05, 0) is 26.8 Å². The van der Waals surface area contributed by atoms with Crippen LogP contribution in [-0.4, -0.2) is 50.3 Å². The maximum atomic E-state index is 12.7. The zero-order valence-electron chi connectivity index (χ0n) is 16.6. The number of nitrogens with zero attached hydrogens (tertiary/aromatic N) is 3. The summed E-state index contributed by atoms with van der Waals surface area (Å²) in [7, 11) is 4.57. The Bertz CT molecular complexity index is 781. The van der Waals surface area contributed by atoms with Crippen LogP contribution >= 0.6 is 0 Å². The molecular formula is C19H26N4O4. The summed E-state index contributed by atoms with van der Waals surface area (Å²) >= 11 is 0. The second-order valence-electron chi connectivity index (χ2n) is 5.73. The Hall–Kier alpha value is -3.03. The standard InChI is InChI=1S/C19H26N4O4/c1-7-23(8-2)19-20-12(3)9-14(22-19)18(24)21-13-10-15(25-4)17(27-6)16(11-13)26-5/h9-11H,7-8H2,1-6H3,(H,21,24). The second-order valence-corrected chi connectivity index (χ2v) is 5.73. The van der Waals surface area contributed by atoms with Gasteiger partial charge in [0, 0.05) is 36.6 Å². The van der Waals surface area contributed by atoms with Gasteiger partial charge in [-0.2, -0.15) is 0 Å². The zero-order valence-corrected chi connectivity index (χ0v) is 16.6. The number of amides is 1. The highest BCUT2D eigenvalue weighted by Crippen LogP contribution is 2.40. The van der Waals surface area contributed by atoms with Crippen molar-refractivity contribution in [1.82, 2.24) is 9.97 Å². The van der Waals surface area contributed by atoms with Crippen molar-refractivity contribution >= 4 is 17.5 Å². The first-order valence-electron chi connectivity index (χ1n) is 8.69. The quantitative estimate of drug-likeness (QED) is 0.760. The molecular weight excluding hydrogens is 348 g/mol. The molecule has 1 N–H and O–H groups in total. The van der Waals surface area contributed by atoms with Gasteiger partial charge in [0.15, 0.2) is 11.5 Å². The third-order valence-electron chi connectivity index (χ3n) is 4.04. The number of carbonyl (C=O) groups excluding carboxylic acids is 1. The summed E-state index contributed by atoms with van der Waals surface area (Å²) in [6.07, 6.45) is 0. The summed E-state index contributed by atoms with van der Waals surface area (Å²) in [5.41, 5.74) is 1.52. The highest BCUT2D eigenvalue weighted by Gasteiger charge is 2.17. The monoisotopic (exact) mass is 374 g/mol. The lowest BCUT2D eigenvalue weighted by molar-refractivity contribution is 0.102. The first-order valence-corrected chi connectivity index (χ1v) is 8.69. The van der Waals surface area contributed by atoms with Gasteiger partial charge in [0.1, 0.15) is 5.69 Å². The van der Waals surface area contributed by atoms with Crippen LogP contribution in [0.5, 0.6) is 17.2 Å². The number of ether oxygens (including phenoxy) is 3. The largest absolute Gasteiger partial charge is 0.493 e. The van der Waals surface area contributed by atoms with Crippen LogP contribution in [0.1, 0.15) is 30.0 Å². The van der Waals surface area contributed by atoms with E-state index in [1.807, 2.05) is 25.7 Å². The summed E-state index contributed by atoms with van der Waals surface area (Å²) in [5, 5.41) is 2.83. The fourth-order valence-electron chi connectivity index (χ4n) is 2.67. The van der Waals surface area contributed by atoms with E-state index in [1.54, 1.807) is 18.2 Å². The molecule has 0 aliphatic rings. The first-order chi connectivity index (χ1) is 13.0. The summed E-state index contributed by atoms with van der Waals surface area (Å²) < 4.78 is 15.9. The number of anilines is 2. The van der Waals surface area contributed by atoms with Gasteiger partial charge in [-0.25, -0.2) is 9.97 Å². The molecule has 0 aliphatic heterocycles. The number of aromatic nitrogens is 2. The van der Waals surface area contributed by atoms with E-state index >= 15 is 0 Å². The van der Waals surface area contributed by atoms with Crippen LogP contribution in [-0.2, 0) is 0 Å². The molecule has 8 nitrogen and oxygen atoms in total. The number of carbonyl (C=O) groups is 1. The van der Waals surface area contributed by atoms with E-state index in [0.717, 1.165) is 18.8 Å². The average Bonchev–Trinajstić information content (AvgIpc) is 2.67. The van der Waals surface area contributed by atoms with Crippen LogP contribution in [0, 0.1) is 6.92 Å². The molecule has 0 unspecified atom stereocenters. The molecule has 2 aromatic rings. The molecule has 0 saturated heterocycles. The summed E-state index contributed by atoms with van der Waals surface area (Å²) in [4.78, 5) is 23.6. The van der Waals surface area contributed by atoms with E-state index in [9.17, 15) is 4.79 Å². The summed E-state index contributed by atoms with van der Waals surface area (Å²) in [6, 6.07) is 4.98. The number of hydrogen-bond donors (Lipinski definition) is 1. The highest BCUT2D eigenvalue weighted by molar-refractivity contribution is 6.03. The van der Waals surface area contributed by atoms with Gasteiger partial charge in [-0.3, -0.25) is 4.79 Å². The molecule has 27 heavy (non-hydrogen) atoms. The predicted octanol–water partition coefficient (Wildman–Crippen LogP) is 2.91. The smallest absolute Gasteiger partial charge is 0.274 e. The van der Waals surface area contributed by atoms with Gasteiger partial charge < -0.3 is 24.4 Å². The van der Waals surface area contributed by atoms with E-state index in [2.05, 4.69) is 15.3 Å². The Morgan fingerprint density at radius 2 is 1.59 bits per heavy atom. The van der Waals surface area contributed by atoms with Crippen molar-refractivity contribution in [2.24, 2.45) is 0 Å². The van der Waals surface area contributed by atoms with Crippen LogP contribution in [0.15, 0.2) is 18.2 Å². The van der Waals surface area contributed by atoms with Crippen molar-refractivity contribution in [2.75, 3.05) is 44.6 Å². The molecule has 1 amide bonds. The fourth-order valence-corrected chi connectivity index (χ4v) is 2.67. The van der Waals surface area contributed by atoms with Crippen molar-refractivity contribution in [1.29, 1.82) is 0 Å². The number of nitrogens with one attached hydrogen (secondary N) is 1. The van der Waals surface area contributed by atoms with Gasteiger partial charge in [0.25, 0.3) is 5.91 Å². The summed E-state index contributed by atoms with van der Waals surface area (Å²) in [5.74, 6) is 1.56. The Kier molecular flexibility index (Phi) is 6.81. The Morgan fingerprint density at radius 3 is 2.07 bits per heavy atom. The van der Waals surface area contributed by atoms with Gasteiger partial charge in [0.05, 0.1) is 21.3 Å². The molecule has 0 aliphatic carbocycles. The Labute approximate surface area is 159 Å². The molecule has 0 atom stereocenters. The minimum atomic E-state index is -0.344. The zero-order chi connectivity index (χ0) is 20.0. The first kappa shape index (κ1) is 20.3. The molecule has 8 heteroatoms. The van der Waals surface area contributed by atoms with Crippen molar-refractivity contribution in [3.8, 4) is 17.2 Å². The van der Waals surface area contributed by atoms with Crippen LogP contribution in [0.4, 0.5) is 11.6 Å². The predicted molar refractivity (Wildman–Crippen MR) is 104 cm³/mol. The highest BCUT2D eigenvalue weighted by atomic mass is 16.5. The van der Waals surface area contributed by atoms with Crippen LogP contribution in [0.3, 0.4) is 0 Å². The molecule has 2 rings (SSSR count). The number of rotatable bonds is 8. The van der Waals surface area contributed by atoms with Crippen molar-refractivity contribution < 1.29 is 19.0 Å². The molecule has 0 saturated carbocycles. The SMILES string of the molecule is CCN(CC)c1nc(C)cc(C(=O)Nc2cc(OC)c(OC)c(OC)c2)n1. The van der Waals surface area contributed by atoms with E-state index in [1.165, 1.54) is 21.3 Å².